The summed E-state index contributed by atoms with van der Waals surface area (Å²) >= 11 is 0. The molecule has 1 N–H and O–H groups in total. The molecule has 19 heavy (non-hydrogen) atoms. The van der Waals surface area contributed by atoms with Crippen molar-refractivity contribution < 1.29 is 9.53 Å². The first-order chi connectivity index (χ1) is 9.20. The van der Waals surface area contributed by atoms with Crippen LogP contribution in [0.3, 0.4) is 0 Å². The van der Waals surface area contributed by atoms with Gasteiger partial charge in [-0.15, -0.1) is 0 Å². The molecular formula is C16H21NO2. The Hall–Kier alpha value is -1.61. The van der Waals surface area contributed by atoms with Gasteiger partial charge in [0.25, 0.3) is 0 Å². The van der Waals surface area contributed by atoms with Gasteiger partial charge in [0.05, 0.1) is 6.10 Å². The maximum absolute atomic E-state index is 11.3. The number of benzene rings is 1. The molecule has 1 fully saturated rings. The molecule has 0 aliphatic carbocycles. The predicted octanol–water partition coefficient (Wildman–Crippen LogP) is 2.76. The van der Waals surface area contributed by atoms with Crippen LogP contribution >= 0.6 is 0 Å². The van der Waals surface area contributed by atoms with Crippen LogP contribution in [0, 0.1) is 12.8 Å². The Balaban J connectivity index is 2.05. The topological polar surface area (TPSA) is 38.3 Å². The molecule has 1 aromatic carbocycles. The third-order valence-corrected chi connectivity index (χ3v) is 3.57. The lowest BCUT2D eigenvalue weighted by atomic mass is 9.89. The smallest absolute Gasteiger partial charge is 0.243 e. The Bertz CT molecular complexity index is 439. The average Bonchev–Trinajstić information content (AvgIpc) is 2.46. The molecule has 0 bridgehead atoms. The molecule has 3 heteroatoms. The molecule has 0 aromatic heterocycles. The van der Waals surface area contributed by atoms with E-state index in [2.05, 4.69) is 43.1 Å². The number of nitrogens with one attached hydrogen (secondary N) is 1. The molecule has 3 nitrogen and oxygen atoms in total. The van der Waals surface area contributed by atoms with Crippen LogP contribution in [-0.4, -0.2) is 19.1 Å². The van der Waals surface area contributed by atoms with Gasteiger partial charge in [0, 0.05) is 19.1 Å². The fourth-order valence-corrected chi connectivity index (χ4v) is 2.48. The standard InChI is InChI=1S/C16H21NO2/c1-3-15(18)17-11-14-5-4-10-19-16(14)13-8-6-12(2)7-9-13/h3,6-9,14,16H,1,4-5,10-11H2,2H3,(H,17,18)/t14-,16-/m0/s1. The second-order valence-electron chi connectivity index (χ2n) is 5.05. The SMILES string of the molecule is C=CC(=O)NC[C@@H]1CCCO[C@H]1c1ccc(C)cc1. The molecule has 1 heterocycles. The van der Waals surface area contributed by atoms with Gasteiger partial charge in [-0.05, 0) is 31.4 Å². The summed E-state index contributed by atoms with van der Waals surface area (Å²) in [5.41, 5.74) is 2.44. The molecule has 102 valence electrons. The van der Waals surface area contributed by atoms with Crippen LogP contribution in [0.1, 0.15) is 30.1 Å². The lowest BCUT2D eigenvalue weighted by Gasteiger charge is -2.32. The van der Waals surface area contributed by atoms with Gasteiger partial charge >= 0.3 is 0 Å². The Morgan fingerprint density at radius 2 is 2.21 bits per heavy atom. The van der Waals surface area contributed by atoms with Crippen molar-refractivity contribution in [2.45, 2.75) is 25.9 Å². The van der Waals surface area contributed by atoms with E-state index in [-0.39, 0.29) is 12.0 Å². The average molecular weight is 259 g/mol. The second kappa shape index (κ2) is 6.53. The van der Waals surface area contributed by atoms with Crippen molar-refractivity contribution in [3.05, 3.63) is 48.0 Å². The number of ether oxygens (including phenoxy) is 1. The lowest BCUT2D eigenvalue weighted by molar-refractivity contribution is -0.117. The van der Waals surface area contributed by atoms with E-state index in [1.807, 2.05) is 0 Å². The Morgan fingerprint density at radius 1 is 1.47 bits per heavy atom. The van der Waals surface area contributed by atoms with Crippen LogP contribution in [0.2, 0.25) is 0 Å². The zero-order chi connectivity index (χ0) is 13.7. The van der Waals surface area contributed by atoms with Crippen LogP contribution in [0.25, 0.3) is 0 Å². The van der Waals surface area contributed by atoms with Gasteiger partial charge < -0.3 is 10.1 Å². The largest absolute Gasteiger partial charge is 0.373 e. The number of hydrogen-bond acceptors (Lipinski definition) is 2. The maximum Gasteiger partial charge on any atom is 0.243 e. The van der Waals surface area contributed by atoms with Gasteiger partial charge in [-0.2, -0.15) is 0 Å². The van der Waals surface area contributed by atoms with Gasteiger partial charge in [0.15, 0.2) is 0 Å². The van der Waals surface area contributed by atoms with E-state index >= 15 is 0 Å². The number of amides is 1. The first-order valence-electron chi connectivity index (χ1n) is 6.79. The van der Waals surface area contributed by atoms with Crippen LogP contribution in [-0.2, 0) is 9.53 Å². The molecular weight excluding hydrogens is 238 g/mol. The third kappa shape index (κ3) is 3.67. The van der Waals surface area contributed by atoms with Crippen molar-refractivity contribution in [1.82, 2.24) is 5.32 Å². The van der Waals surface area contributed by atoms with Gasteiger partial charge in [-0.25, -0.2) is 0 Å². The summed E-state index contributed by atoms with van der Waals surface area (Å²) in [4.78, 5) is 11.3. The summed E-state index contributed by atoms with van der Waals surface area (Å²) in [6, 6.07) is 8.45. The quantitative estimate of drug-likeness (QED) is 0.844. The normalized spacial score (nSPS) is 22.8. The van der Waals surface area contributed by atoms with Gasteiger partial charge in [0.2, 0.25) is 5.91 Å². The fraction of sp³-hybridized carbons (Fsp3) is 0.438. The van der Waals surface area contributed by atoms with Crippen molar-refractivity contribution in [1.29, 1.82) is 0 Å². The highest BCUT2D eigenvalue weighted by molar-refractivity contribution is 5.86. The van der Waals surface area contributed by atoms with Crippen molar-refractivity contribution in [3.63, 3.8) is 0 Å². The van der Waals surface area contributed by atoms with Gasteiger partial charge in [-0.3, -0.25) is 4.79 Å². The summed E-state index contributed by atoms with van der Waals surface area (Å²) in [7, 11) is 0. The Morgan fingerprint density at radius 3 is 2.89 bits per heavy atom. The summed E-state index contributed by atoms with van der Waals surface area (Å²) in [6.07, 6.45) is 3.52. The summed E-state index contributed by atoms with van der Waals surface area (Å²) in [5, 5.41) is 2.88. The fourth-order valence-electron chi connectivity index (χ4n) is 2.48. The van der Waals surface area contributed by atoms with Crippen molar-refractivity contribution in [2.75, 3.05) is 13.2 Å². The number of aryl methyl sites for hydroxylation is 1. The molecule has 1 aliphatic rings. The minimum atomic E-state index is -0.117. The molecule has 1 aromatic rings. The lowest BCUT2D eigenvalue weighted by Crippen LogP contribution is -2.34. The zero-order valence-electron chi connectivity index (χ0n) is 11.4. The maximum atomic E-state index is 11.3. The molecule has 2 rings (SSSR count). The summed E-state index contributed by atoms with van der Waals surface area (Å²) in [6.45, 7) is 6.98. The minimum Gasteiger partial charge on any atom is -0.373 e. The minimum absolute atomic E-state index is 0.0828. The van der Waals surface area contributed by atoms with E-state index < -0.39 is 0 Å². The van der Waals surface area contributed by atoms with Crippen molar-refractivity contribution >= 4 is 5.91 Å². The number of carbonyl (C=O) groups excluding carboxylic acids is 1. The van der Waals surface area contributed by atoms with E-state index in [1.54, 1.807) is 0 Å². The van der Waals surface area contributed by atoms with E-state index in [9.17, 15) is 4.79 Å². The monoisotopic (exact) mass is 259 g/mol. The van der Waals surface area contributed by atoms with Crippen LogP contribution in [0.5, 0.6) is 0 Å². The van der Waals surface area contributed by atoms with Gasteiger partial charge in [-0.1, -0.05) is 36.4 Å². The summed E-state index contributed by atoms with van der Waals surface area (Å²) < 4.78 is 5.91. The molecule has 1 amide bonds. The molecule has 0 saturated carbocycles. The number of carbonyl (C=O) groups is 1. The third-order valence-electron chi connectivity index (χ3n) is 3.57. The van der Waals surface area contributed by atoms with E-state index in [4.69, 9.17) is 4.74 Å². The highest BCUT2D eigenvalue weighted by Crippen LogP contribution is 2.33. The number of rotatable bonds is 4. The first kappa shape index (κ1) is 13.8. The Labute approximate surface area is 114 Å². The molecule has 0 spiro atoms. The van der Waals surface area contributed by atoms with Crippen LogP contribution in [0.15, 0.2) is 36.9 Å². The van der Waals surface area contributed by atoms with E-state index in [0.717, 1.165) is 19.4 Å². The van der Waals surface area contributed by atoms with E-state index in [1.165, 1.54) is 17.2 Å². The van der Waals surface area contributed by atoms with Crippen molar-refractivity contribution in [2.24, 2.45) is 5.92 Å². The Kier molecular flexibility index (Phi) is 4.74. The predicted molar refractivity (Wildman–Crippen MR) is 75.8 cm³/mol. The van der Waals surface area contributed by atoms with Crippen LogP contribution < -0.4 is 5.32 Å². The van der Waals surface area contributed by atoms with Gasteiger partial charge in [0.1, 0.15) is 0 Å². The highest BCUT2D eigenvalue weighted by Gasteiger charge is 2.27. The number of hydrogen-bond donors (Lipinski definition) is 1. The first-order valence-corrected chi connectivity index (χ1v) is 6.79. The summed E-state index contributed by atoms with van der Waals surface area (Å²) in [5.74, 6) is 0.216. The second-order valence-corrected chi connectivity index (χ2v) is 5.05. The molecule has 1 saturated heterocycles. The molecule has 1 aliphatic heterocycles. The van der Waals surface area contributed by atoms with Crippen LogP contribution in [0.4, 0.5) is 0 Å². The zero-order valence-corrected chi connectivity index (χ0v) is 11.4. The van der Waals surface area contributed by atoms with Crippen molar-refractivity contribution in [3.8, 4) is 0 Å². The molecule has 0 unspecified atom stereocenters. The van der Waals surface area contributed by atoms with E-state index in [0.29, 0.717) is 12.5 Å². The molecule has 2 atom stereocenters. The highest BCUT2D eigenvalue weighted by atomic mass is 16.5. The molecule has 0 radical (unpaired) electrons.